The van der Waals surface area contributed by atoms with Gasteiger partial charge < -0.3 is 15.3 Å². The van der Waals surface area contributed by atoms with Gasteiger partial charge in [-0.2, -0.15) is 5.10 Å². The molecule has 0 fully saturated rings. The summed E-state index contributed by atoms with van der Waals surface area (Å²) in [5.74, 6) is 0.506. The van der Waals surface area contributed by atoms with Gasteiger partial charge in [0.15, 0.2) is 11.5 Å². The lowest BCUT2D eigenvalue weighted by atomic mass is 10.2. The van der Waals surface area contributed by atoms with Crippen LogP contribution in [0.25, 0.3) is 0 Å². The molecule has 1 aromatic rings. The van der Waals surface area contributed by atoms with Gasteiger partial charge in [0, 0.05) is 7.05 Å². The van der Waals surface area contributed by atoms with Gasteiger partial charge in [0.05, 0.1) is 17.8 Å². The van der Waals surface area contributed by atoms with E-state index >= 15 is 0 Å². The first kappa shape index (κ1) is 10.8. The predicted octanol–water partition coefficient (Wildman–Crippen LogP) is 1.72. The van der Waals surface area contributed by atoms with Crippen LogP contribution in [0, 0.1) is 0 Å². The molecule has 0 bridgehead atoms. The van der Waals surface area contributed by atoms with Crippen LogP contribution in [0.5, 0.6) is 11.5 Å². The SMILES string of the molecule is CN/N=C/c1cc(Br)c(O)c(OC)c1. The van der Waals surface area contributed by atoms with Gasteiger partial charge in [-0.3, -0.25) is 0 Å². The van der Waals surface area contributed by atoms with E-state index in [1.165, 1.54) is 7.11 Å². The Morgan fingerprint density at radius 1 is 1.57 bits per heavy atom. The highest BCUT2D eigenvalue weighted by Crippen LogP contribution is 2.34. The minimum atomic E-state index is 0.0918. The molecule has 0 saturated heterocycles. The largest absolute Gasteiger partial charge is 0.503 e. The lowest BCUT2D eigenvalue weighted by Crippen LogP contribution is -1.95. The zero-order chi connectivity index (χ0) is 10.6. The van der Waals surface area contributed by atoms with E-state index in [4.69, 9.17) is 4.74 Å². The second-order valence-electron chi connectivity index (χ2n) is 2.54. The van der Waals surface area contributed by atoms with Gasteiger partial charge in [0.1, 0.15) is 0 Å². The summed E-state index contributed by atoms with van der Waals surface area (Å²) in [5.41, 5.74) is 3.47. The number of hydrogen-bond donors (Lipinski definition) is 2. The molecule has 0 amide bonds. The Labute approximate surface area is 90.7 Å². The van der Waals surface area contributed by atoms with E-state index in [-0.39, 0.29) is 5.75 Å². The van der Waals surface area contributed by atoms with Gasteiger partial charge in [0.2, 0.25) is 0 Å². The summed E-state index contributed by atoms with van der Waals surface area (Å²) in [6, 6.07) is 3.44. The summed E-state index contributed by atoms with van der Waals surface area (Å²) in [5, 5.41) is 13.4. The van der Waals surface area contributed by atoms with E-state index in [1.54, 1.807) is 25.4 Å². The van der Waals surface area contributed by atoms with Crippen LogP contribution >= 0.6 is 15.9 Å². The van der Waals surface area contributed by atoms with Gasteiger partial charge in [-0.15, -0.1) is 0 Å². The molecule has 76 valence electrons. The van der Waals surface area contributed by atoms with E-state index in [9.17, 15) is 5.11 Å². The highest BCUT2D eigenvalue weighted by molar-refractivity contribution is 9.10. The first-order valence-electron chi connectivity index (χ1n) is 3.95. The molecular weight excluding hydrogens is 248 g/mol. The van der Waals surface area contributed by atoms with Crippen molar-refractivity contribution in [1.82, 2.24) is 5.43 Å². The lowest BCUT2D eigenvalue weighted by molar-refractivity contribution is 0.372. The van der Waals surface area contributed by atoms with Crippen molar-refractivity contribution in [3.63, 3.8) is 0 Å². The summed E-state index contributed by atoms with van der Waals surface area (Å²) in [6.45, 7) is 0. The number of methoxy groups -OCH3 is 1. The Bertz CT molecular complexity index is 353. The van der Waals surface area contributed by atoms with Crippen LogP contribution in [0.3, 0.4) is 0 Å². The number of hydrazone groups is 1. The average molecular weight is 259 g/mol. The number of rotatable bonds is 3. The number of aromatic hydroxyl groups is 1. The average Bonchev–Trinajstić information content (AvgIpc) is 2.19. The second kappa shape index (κ2) is 4.85. The maximum absolute atomic E-state index is 9.52. The molecule has 0 atom stereocenters. The van der Waals surface area contributed by atoms with E-state index < -0.39 is 0 Å². The quantitative estimate of drug-likeness (QED) is 0.641. The lowest BCUT2D eigenvalue weighted by Gasteiger charge is -2.05. The number of phenols is 1. The normalized spacial score (nSPS) is 10.5. The highest BCUT2D eigenvalue weighted by atomic mass is 79.9. The van der Waals surface area contributed by atoms with E-state index in [1.807, 2.05) is 0 Å². The Morgan fingerprint density at radius 3 is 2.86 bits per heavy atom. The Kier molecular flexibility index (Phi) is 3.76. The number of nitrogens with zero attached hydrogens (tertiary/aromatic N) is 1. The molecule has 0 aliphatic heterocycles. The number of nitrogens with one attached hydrogen (secondary N) is 1. The first-order chi connectivity index (χ1) is 6.69. The maximum Gasteiger partial charge on any atom is 0.172 e. The van der Waals surface area contributed by atoms with E-state index in [2.05, 4.69) is 26.5 Å². The Morgan fingerprint density at radius 2 is 2.29 bits per heavy atom. The molecule has 5 heteroatoms. The Balaban J connectivity index is 3.09. The van der Waals surface area contributed by atoms with Crippen molar-refractivity contribution in [3.05, 3.63) is 22.2 Å². The van der Waals surface area contributed by atoms with Crippen LogP contribution in [0.2, 0.25) is 0 Å². The minimum Gasteiger partial charge on any atom is -0.503 e. The number of phenolic OH excluding ortho intramolecular Hbond substituents is 1. The van der Waals surface area contributed by atoms with Crippen molar-refractivity contribution in [3.8, 4) is 11.5 Å². The summed E-state index contributed by atoms with van der Waals surface area (Å²) < 4.78 is 5.56. The third-order valence-corrected chi connectivity index (χ3v) is 2.22. The molecule has 0 radical (unpaired) electrons. The third kappa shape index (κ3) is 2.38. The molecule has 0 unspecified atom stereocenters. The van der Waals surface area contributed by atoms with Gasteiger partial charge in [-0.05, 0) is 33.6 Å². The molecule has 0 spiro atoms. The summed E-state index contributed by atoms with van der Waals surface area (Å²) in [7, 11) is 3.21. The molecule has 0 aliphatic rings. The number of ether oxygens (including phenoxy) is 1. The summed E-state index contributed by atoms with van der Waals surface area (Å²) in [6.07, 6.45) is 1.63. The number of hydrogen-bond acceptors (Lipinski definition) is 4. The summed E-state index contributed by atoms with van der Waals surface area (Å²) in [4.78, 5) is 0. The molecule has 1 aromatic carbocycles. The summed E-state index contributed by atoms with van der Waals surface area (Å²) >= 11 is 3.22. The van der Waals surface area contributed by atoms with Crippen LogP contribution < -0.4 is 10.2 Å². The van der Waals surface area contributed by atoms with Crippen molar-refractivity contribution in [2.45, 2.75) is 0 Å². The van der Waals surface area contributed by atoms with Gasteiger partial charge in [0.25, 0.3) is 0 Å². The molecule has 2 N–H and O–H groups in total. The zero-order valence-electron chi connectivity index (χ0n) is 7.91. The molecule has 0 saturated carbocycles. The molecule has 1 rings (SSSR count). The number of halogens is 1. The van der Waals surface area contributed by atoms with Gasteiger partial charge >= 0.3 is 0 Å². The standard InChI is InChI=1S/C9H11BrN2O2/c1-11-12-5-6-3-7(10)9(13)8(4-6)14-2/h3-5,11,13H,1-2H3/b12-5+. The molecular formula is C9H11BrN2O2. The van der Waals surface area contributed by atoms with Crippen molar-refractivity contribution >= 4 is 22.1 Å². The third-order valence-electron chi connectivity index (χ3n) is 1.61. The fourth-order valence-electron chi connectivity index (χ4n) is 0.963. The number of benzene rings is 1. The first-order valence-corrected chi connectivity index (χ1v) is 4.74. The minimum absolute atomic E-state index is 0.0918. The van der Waals surface area contributed by atoms with Crippen molar-refractivity contribution in [1.29, 1.82) is 0 Å². The fourth-order valence-corrected chi connectivity index (χ4v) is 1.42. The zero-order valence-corrected chi connectivity index (χ0v) is 9.50. The Hall–Kier alpha value is -1.23. The monoisotopic (exact) mass is 258 g/mol. The van der Waals surface area contributed by atoms with Crippen LogP contribution in [-0.4, -0.2) is 25.5 Å². The van der Waals surface area contributed by atoms with E-state index in [0.29, 0.717) is 10.2 Å². The maximum atomic E-state index is 9.52. The van der Waals surface area contributed by atoms with E-state index in [0.717, 1.165) is 5.56 Å². The fraction of sp³-hybridized carbons (Fsp3) is 0.222. The predicted molar refractivity (Wildman–Crippen MR) is 59.0 cm³/mol. The molecule has 0 aromatic heterocycles. The van der Waals surface area contributed by atoms with Crippen molar-refractivity contribution < 1.29 is 9.84 Å². The van der Waals surface area contributed by atoms with Crippen LogP contribution in [0.4, 0.5) is 0 Å². The van der Waals surface area contributed by atoms with Crippen molar-refractivity contribution in [2.24, 2.45) is 5.10 Å². The van der Waals surface area contributed by atoms with Crippen LogP contribution in [0.15, 0.2) is 21.7 Å². The van der Waals surface area contributed by atoms with Crippen molar-refractivity contribution in [2.75, 3.05) is 14.2 Å². The van der Waals surface area contributed by atoms with Crippen LogP contribution in [-0.2, 0) is 0 Å². The molecule has 4 nitrogen and oxygen atoms in total. The van der Waals surface area contributed by atoms with Gasteiger partial charge in [-0.1, -0.05) is 0 Å². The second-order valence-corrected chi connectivity index (χ2v) is 3.39. The highest BCUT2D eigenvalue weighted by Gasteiger charge is 2.06. The molecule has 0 heterocycles. The topological polar surface area (TPSA) is 53.9 Å². The van der Waals surface area contributed by atoms with Gasteiger partial charge in [-0.25, -0.2) is 0 Å². The van der Waals surface area contributed by atoms with Crippen LogP contribution in [0.1, 0.15) is 5.56 Å². The molecule has 0 aliphatic carbocycles. The molecule has 14 heavy (non-hydrogen) atoms. The smallest absolute Gasteiger partial charge is 0.172 e.